The van der Waals surface area contributed by atoms with Gasteiger partial charge in [0.15, 0.2) is 5.76 Å². The van der Waals surface area contributed by atoms with E-state index in [9.17, 15) is 19.7 Å². The molecular weight excluding hydrogens is 436 g/mol. The lowest BCUT2D eigenvalue weighted by Crippen LogP contribution is -2.51. The molecule has 1 saturated heterocycles. The molecule has 4 rings (SSSR count). The second-order valence-electron chi connectivity index (χ2n) is 8.32. The highest BCUT2D eigenvalue weighted by Gasteiger charge is 2.33. The number of anilines is 1. The molecule has 2 aromatic carbocycles. The lowest BCUT2D eigenvalue weighted by Gasteiger charge is -2.38. The Morgan fingerprint density at radius 1 is 1.00 bits per heavy atom. The van der Waals surface area contributed by atoms with Crippen LogP contribution in [-0.4, -0.2) is 52.7 Å². The molecule has 2 heterocycles. The zero-order valence-corrected chi connectivity index (χ0v) is 19.1. The van der Waals surface area contributed by atoms with Crippen molar-refractivity contribution in [1.29, 1.82) is 0 Å². The van der Waals surface area contributed by atoms with Gasteiger partial charge in [0.2, 0.25) is 5.91 Å². The number of nitrogens with one attached hydrogen (secondary N) is 1. The van der Waals surface area contributed by atoms with Crippen LogP contribution in [0.4, 0.5) is 11.4 Å². The van der Waals surface area contributed by atoms with Gasteiger partial charge in [-0.05, 0) is 43.2 Å². The van der Waals surface area contributed by atoms with Crippen molar-refractivity contribution in [3.8, 4) is 0 Å². The van der Waals surface area contributed by atoms with Gasteiger partial charge in [0.1, 0.15) is 17.5 Å². The number of hydrogen-bond acceptors (Lipinski definition) is 6. The Balaban J connectivity index is 1.53. The number of furan rings is 1. The summed E-state index contributed by atoms with van der Waals surface area (Å²) in [7, 11) is 0. The number of aryl methyl sites for hydroxylation is 2. The molecule has 2 amide bonds. The molecule has 1 atom stereocenters. The lowest BCUT2D eigenvalue weighted by molar-refractivity contribution is -0.384. The quantitative estimate of drug-likeness (QED) is 0.439. The minimum absolute atomic E-state index is 0.149. The summed E-state index contributed by atoms with van der Waals surface area (Å²) >= 11 is 0. The lowest BCUT2D eigenvalue weighted by atomic mass is 10.0. The van der Waals surface area contributed by atoms with Gasteiger partial charge in [-0.15, -0.1) is 0 Å². The summed E-state index contributed by atoms with van der Waals surface area (Å²) in [6.07, 6.45) is 0. The summed E-state index contributed by atoms with van der Waals surface area (Å²) < 4.78 is 5.46. The highest BCUT2D eigenvalue weighted by molar-refractivity contribution is 5.97. The minimum Gasteiger partial charge on any atom is -0.456 e. The third kappa shape index (κ3) is 4.99. The first kappa shape index (κ1) is 23.2. The molecule has 0 spiro atoms. The van der Waals surface area contributed by atoms with Gasteiger partial charge in [-0.3, -0.25) is 24.6 Å². The summed E-state index contributed by atoms with van der Waals surface area (Å²) in [5.41, 5.74) is 1.51. The number of carbonyl (C=O) groups excluding carboxylic acids is 2. The summed E-state index contributed by atoms with van der Waals surface area (Å²) in [6, 6.07) is 16.8. The number of hydrogen-bond donors (Lipinski definition) is 1. The second-order valence-corrected chi connectivity index (χ2v) is 8.32. The number of benzene rings is 2. The van der Waals surface area contributed by atoms with Crippen LogP contribution in [-0.2, 0) is 4.79 Å². The zero-order valence-electron chi connectivity index (χ0n) is 19.1. The van der Waals surface area contributed by atoms with Gasteiger partial charge in [0.25, 0.3) is 11.6 Å². The van der Waals surface area contributed by atoms with Crippen molar-refractivity contribution in [2.45, 2.75) is 19.9 Å². The third-order valence-electron chi connectivity index (χ3n) is 5.89. The molecule has 0 bridgehead atoms. The monoisotopic (exact) mass is 462 g/mol. The van der Waals surface area contributed by atoms with Gasteiger partial charge in [0, 0.05) is 32.2 Å². The molecule has 1 unspecified atom stereocenters. The molecule has 0 saturated carbocycles. The van der Waals surface area contributed by atoms with Gasteiger partial charge in [-0.25, -0.2) is 0 Å². The SMILES string of the molecule is Cc1ccc(NC(=O)C(c2ccccc2)N2CCN(C(=O)c3ccc(C)o3)CC2)c([N+](=O)[O-])c1. The van der Waals surface area contributed by atoms with Crippen LogP contribution in [0.25, 0.3) is 0 Å². The van der Waals surface area contributed by atoms with Crippen LogP contribution in [0.15, 0.2) is 65.1 Å². The summed E-state index contributed by atoms with van der Waals surface area (Å²) in [5, 5.41) is 14.3. The summed E-state index contributed by atoms with van der Waals surface area (Å²) in [5.74, 6) is 0.436. The minimum atomic E-state index is -0.662. The molecule has 1 aliphatic heterocycles. The number of amides is 2. The van der Waals surface area contributed by atoms with Crippen molar-refractivity contribution >= 4 is 23.2 Å². The van der Waals surface area contributed by atoms with E-state index in [-0.39, 0.29) is 23.2 Å². The fourth-order valence-corrected chi connectivity index (χ4v) is 4.15. The maximum absolute atomic E-state index is 13.4. The van der Waals surface area contributed by atoms with Crippen molar-refractivity contribution in [3.05, 3.63) is 93.4 Å². The van der Waals surface area contributed by atoms with Gasteiger partial charge in [-0.1, -0.05) is 36.4 Å². The van der Waals surface area contributed by atoms with Crippen molar-refractivity contribution in [2.75, 3.05) is 31.5 Å². The molecule has 3 aromatic rings. The van der Waals surface area contributed by atoms with Gasteiger partial charge >= 0.3 is 0 Å². The maximum atomic E-state index is 13.4. The van der Waals surface area contributed by atoms with Crippen molar-refractivity contribution in [2.24, 2.45) is 0 Å². The van der Waals surface area contributed by atoms with Crippen LogP contribution in [0, 0.1) is 24.0 Å². The van der Waals surface area contributed by atoms with Crippen molar-refractivity contribution in [1.82, 2.24) is 9.80 Å². The van der Waals surface area contributed by atoms with Crippen LogP contribution in [0.5, 0.6) is 0 Å². The average Bonchev–Trinajstić information content (AvgIpc) is 3.27. The second kappa shape index (κ2) is 9.88. The molecule has 34 heavy (non-hydrogen) atoms. The Kier molecular flexibility index (Phi) is 6.74. The van der Waals surface area contributed by atoms with Crippen LogP contribution >= 0.6 is 0 Å². The van der Waals surface area contributed by atoms with Crippen LogP contribution < -0.4 is 5.32 Å². The van der Waals surface area contributed by atoms with E-state index in [1.54, 1.807) is 43.0 Å². The van der Waals surface area contributed by atoms with E-state index in [4.69, 9.17) is 4.42 Å². The Bertz CT molecular complexity index is 1200. The van der Waals surface area contributed by atoms with E-state index < -0.39 is 11.0 Å². The number of carbonyl (C=O) groups is 2. The van der Waals surface area contributed by atoms with Gasteiger partial charge in [0.05, 0.1) is 4.92 Å². The normalized spacial score (nSPS) is 15.1. The van der Waals surface area contributed by atoms with E-state index in [0.717, 1.165) is 11.1 Å². The molecule has 9 heteroatoms. The molecular formula is C25H26N4O5. The number of nitro groups is 1. The Labute approximate surface area is 197 Å². The molecule has 9 nitrogen and oxygen atoms in total. The first-order chi connectivity index (χ1) is 16.3. The standard InChI is InChI=1S/C25H26N4O5/c1-17-8-10-20(21(16-17)29(32)33)26-24(30)23(19-6-4-3-5-7-19)27-12-14-28(15-13-27)25(31)22-11-9-18(2)34-22/h3-11,16,23H,12-15H2,1-2H3,(H,26,30). The Morgan fingerprint density at radius 3 is 2.32 bits per heavy atom. The molecule has 0 radical (unpaired) electrons. The molecule has 1 aromatic heterocycles. The number of nitro benzene ring substituents is 1. The van der Waals surface area contributed by atoms with E-state index in [0.29, 0.717) is 37.7 Å². The summed E-state index contributed by atoms with van der Waals surface area (Å²) in [6.45, 7) is 5.34. The first-order valence-corrected chi connectivity index (χ1v) is 11.0. The predicted octanol–water partition coefficient (Wildman–Crippen LogP) is 3.94. The smallest absolute Gasteiger partial charge is 0.293 e. The zero-order chi connectivity index (χ0) is 24.2. The highest BCUT2D eigenvalue weighted by atomic mass is 16.6. The van der Waals surface area contributed by atoms with E-state index in [2.05, 4.69) is 5.32 Å². The number of nitrogens with zero attached hydrogens (tertiary/aromatic N) is 3. The summed E-state index contributed by atoms with van der Waals surface area (Å²) in [4.78, 5) is 40.9. The third-order valence-corrected chi connectivity index (χ3v) is 5.89. The van der Waals surface area contributed by atoms with E-state index >= 15 is 0 Å². The van der Waals surface area contributed by atoms with Crippen molar-refractivity contribution < 1.29 is 18.9 Å². The van der Waals surface area contributed by atoms with Gasteiger partial charge < -0.3 is 14.6 Å². The molecule has 1 aliphatic rings. The van der Waals surface area contributed by atoms with Crippen LogP contribution in [0.3, 0.4) is 0 Å². The predicted molar refractivity (Wildman–Crippen MR) is 127 cm³/mol. The van der Waals surface area contributed by atoms with Crippen LogP contribution in [0.2, 0.25) is 0 Å². The van der Waals surface area contributed by atoms with E-state index in [1.165, 1.54) is 6.07 Å². The Hall–Kier alpha value is -3.98. The topological polar surface area (TPSA) is 109 Å². The molecule has 176 valence electrons. The van der Waals surface area contributed by atoms with Crippen molar-refractivity contribution in [3.63, 3.8) is 0 Å². The largest absolute Gasteiger partial charge is 0.456 e. The number of piperazine rings is 1. The Morgan fingerprint density at radius 2 is 1.71 bits per heavy atom. The fourth-order valence-electron chi connectivity index (χ4n) is 4.15. The highest BCUT2D eigenvalue weighted by Crippen LogP contribution is 2.29. The first-order valence-electron chi connectivity index (χ1n) is 11.0. The van der Waals surface area contributed by atoms with Gasteiger partial charge in [-0.2, -0.15) is 0 Å². The molecule has 1 N–H and O–H groups in total. The average molecular weight is 463 g/mol. The fraction of sp³-hybridized carbons (Fsp3) is 0.280. The van der Waals surface area contributed by atoms with Crippen LogP contribution in [0.1, 0.15) is 33.5 Å². The van der Waals surface area contributed by atoms with E-state index in [1.807, 2.05) is 35.2 Å². The number of rotatable bonds is 6. The molecule has 0 aliphatic carbocycles. The maximum Gasteiger partial charge on any atom is 0.293 e. The molecule has 1 fully saturated rings.